The number of phenols is 1. The molecule has 0 heterocycles. The molecule has 3 aliphatic rings. The van der Waals surface area contributed by atoms with Gasteiger partial charge in [0.1, 0.15) is 28.7 Å². The number of aliphatic hydroxyl groups excluding tert-OH is 2. The predicted octanol–water partition coefficient (Wildman–Crippen LogP) is 0.929. The number of hydrogen-bond donors (Lipinski definition) is 7. The van der Waals surface area contributed by atoms with Crippen LogP contribution in [-0.2, 0) is 22.6 Å². The van der Waals surface area contributed by atoms with E-state index in [9.17, 15) is 39.6 Å². The molecule has 11 nitrogen and oxygen atoms in total. The molecule has 8 N–H and O–H groups in total. The lowest BCUT2D eigenvalue weighted by Gasteiger charge is -2.45. The number of phenolic OH excluding ortho intramolecular Hbond substituents is 1. The number of aromatic hydroxyl groups is 1. The van der Waals surface area contributed by atoms with Gasteiger partial charge in [-0.3, -0.25) is 14.4 Å². The predicted molar refractivity (Wildman–Crippen MR) is 121 cm³/mol. The zero-order valence-electron chi connectivity index (χ0n) is 19.4. The smallest absolute Gasteiger partial charge is 0.315 e. The number of rotatable bonds is 5. The fourth-order valence-electron chi connectivity index (χ4n) is 5.31. The summed E-state index contributed by atoms with van der Waals surface area (Å²) in [5.74, 6) is -8.62. The SMILES string of the molecule is CCCNC(=O)NCc1cc(F)c2c(c1O)C(=O)C1=C(O)[C@]3(O)C(=O)C(C(N)=O)=C(O)C[C@@H]3CC1C2. The summed E-state index contributed by atoms with van der Waals surface area (Å²) in [5.41, 5.74) is 0.569. The van der Waals surface area contributed by atoms with Crippen LogP contribution in [0.2, 0.25) is 0 Å². The first kappa shape index (κ1) is 25.2. The number of nitrogens with one attached hydrogen (secondary N) is 2. The largest absolute Gasteiger partial charge is 0.511 e. The highest BCUT2D eigenvalue weighted by atomic mass is 19.1. The standard InChI is InChI=1S/C24H26FN3O8/c1-2-3-27-23(35)28-8-10-6-13(25)12-5-9-4-11-7-14(29)17(22(26)34)21(33)24(11,36)20(32)15(9)19(31)16(12)18(10)30/h6,9,11,29-30,32,36H,2-5,7-8H2,1H3,(H2,26,34)(H2,27,28,35)/t9?,11-,24-/m0/s1. The first-order valence-corrected chi connectivity index (χ1v) is 11.5. The second-order valence-electron chi connectivity index (χ2n) is 9.24. The van der Waals surface area contributed by atoms with Crippen molar-refractivity contribution in [1.82, 2.24) is 10.6 Å². The summed E-state index contributed by atoms with van der Waals surface area (Å²) in [4.78, 5) is 49.9. The van der Waals surface area contributed by atoms with Gasteiger partial charge < -0.3 is 36.8 Å². The van der Waals surface area contributed by atoms with E-state index >= 15 is 4.39 Å². The van der Waals surface area contributed by atoms with Crippen LogP contribution in [0.25, 0.3) is 0 Å². The van der Waals surface area contributed by atoms with Crippen molar-refractivity contribution in [3.05, 3.63) is 51.2 Å². The van der Waals surface area contributed by atoms with Crippen LogP contribution in [-0.4, -0.2) is 56.1 Å². The Kier molecular flexibility index (Phi) is 6.25. The highest BCUT2D eigenvalue weighted by molar-refractivity contribution is 6.24. The molecule has 1 aromatic carbocycles. The number of aliphatic hydroxyl groups is 3. The van der Waals surface area contributed by atoms with Crippen molar-refractivity contribution < 1.29 is 44.0 Å². The monoisotopic (exact) mass is 503 g/mol. The molecule has 0 fully saturated rings. The third-order valence-corrected chi connectivity index (χ3v) is 7.06. The quantitative estimate of drug-likeness (QED) is 0.288. The Morgan fingerprint density at radius 1 is 1.19 bits per heavy atom. The van der Waals surface area contributed by atoms with E-state index in [0.29, 0.717) is 13.0 Å². The van der Waals surface area contributed by atoms with Crippen LogP contribution in [0.5, 0.6) is 5.75 Å². The van der Waals surface area contributed by atoms with Crippen LogP contribution in [0.4, 0.5) is 9.18 Å². The zero-order valence-corrected chi connectivity index (χ0v) is 19.4. The molecule has 12 heteroatoms. The molecule has 0 spiro atoms. The van der Waals surface area contributed by atoms with Gasteiger partial charge in [-0.2, -0.15) is 0 Å². The summed E-state index contributed by atoms with van der Waals surface area (Å²) in [6.07, 6.45) is 0.0861. The highest BCUT2D eigenvalue weighted by Gasteiger charge is 2.59. The molecule has 1 aromatic rings. The number of Topliss-reactive ketones (excluding diaryl/α,β-unsaturated/α-hetero) is 2. The minimum Gasteiger partial charge on any atom is -0.511 e. The van der Waals surface area contributed by atoms with E-state index in [2.05, 4.69) is 10.6 Å². The molecule has 0 aromatic heterocycles. The lowest BCUT2D eigenvalue weighted by Crippen LogP contribution is -2.57. The summed E-state index contributed by atoms with van der Waals surface area (Å²) in [6.45, 7) is 1.95. The van der Waals surface area contributed by atoms with Crippen LogP contribution in [0.15, 0.2) is 28.7 Å². The summed E-state index contributed by atoms with van der Waals surface area (Å²) in [5, 5.41) is 48.2. The van der Waals surface area contributed by atoms with Gasteiger partial charge in [0.25, 0.3) is 5.91 Å². The number of primary amides is 1. The lowest BCUT2D eigenvalue weighted by molar-refractivity contribution is -0.144. The van der Waals surface area contributed by atoms with Gasteiger partial charge in [0.05, 0.1) is 5.56 Å². The maximum atomic E-state index is 15.1. The number of halogens is 1. The molecule has 36 heavy (non-hydrogen) atoms. The van der Waals surface area contributed by atoms with E-state index in [1.165, 1.54) is 0 Å². The fourth-order valence-corrected chi connectivity index (χ4v) is 5.31. The van der Waals surface area contributed by atoms with Crippen LogP contribution < -0.4 is 16.4 Å². The number of nitrogens with two attached hydrogens (primary N) is 1. The normalized spacial score (nSPS) is 25.2. The summed E-state index contributed by atoms with van der Waals surface area (Å²) in [7, 11) is 0. The minimum absolute atomic E-state index is 0.0881. The topological polar surface area (TPSA) is 199 Å². The van der Waals surface area contributed by atoms with E-state index in [-0.39, 0.29) is 42.5 Å². The van der Waals surface area contributed by atoms with Gasteiger partial charge in [-0.25, -0.2) is 9.18 Å². The lowest BCUT2D eigenvalue weighted by atomic mass is 9.60. The van der Waals surface area contributed by atoms with Crippen LogP contribution >= 0.6 is 0 Å². The van der Waals surface area contributed by atoms with Gasteiger partial charge in [0.15, 0.2) is 11.4 Å². The van der Waals surface area contributed by atoms with Crippen molar-refractivity contribution in [2.45, 2.75) is 44.8 Å². The Balaban J connectivity index is 1.76. The number of ketones is 2. The molecule has 3 atom stereocenters. The van der Waals surface area contributed by atoms with Crippen molar-refractivity contribution in [2.24, 2.45) is 17.6 Å². The second kappa shape index (κ2) is 8.94. The molecule has 192 valence electrons. The molecule has 1 unspecified atom stereocenters. The maximum absolute atomic E-state index is 15.1. The van der Waals surface area contributed by atoms with Gasteiger partial charge >= 0.3 is 6.03 Å². The Labute approximate surface area is 204 Å². The van der Waals surface area contributed by atoms with Gasteiger partial charge in [-0.1, -0.05) is 6.92 Å². The number of carbonyl (C=O) groups is 4. The van der Waals surface area contributed by atoms with Crippen LogP contribution in [0, 0.1) is 17.7 Å². The Bertz CT molecular complexity index is 1270. The average Bonchev–Trinajstić information content (AvgIpc) is 2.81. The Morgan fingerprint density at radius 2 is 1.89 bits per heavy atom. The fraction of sp³-hybridized carbons (Fsp3) is 0.417. The van der Waals surface area contributed by atoms with Crippen molar-refractivity contribution in [2.75, 3.05) is 6.54 Å². The van der Waals surface area contributed by atoms with Gasteiger partial charge in [0, 0.05) is 42.1 Å². The van der Waals surface area contributed by atoms with E-state index in [4.69, 9.17) is 5.73 Å². The maximum Gasteiger partial charge on any atom is 0.315 e. The Morgan fingerprint density at radius 3 is 2.53 bits per heavy atom. The number of fused-ring (bicyclic) bond motifs is 3. The molecule has 0 bridgehead atoms. The number of amides is 3. The molecule has 0 aliphatic heterocycles. The van der Waals surface area contributed by atoms with Crippen molar-refractivity contribution in [3.63, 3.8) is 0 Å². The average molecular weight is 503 g/mol. The molecule has 3 amide bonds. The van der Waals surface area contributed by atoms with Crippen molar-refractivity contribution >= 4 is 23.5 Å². The van der Waals surface area contributed by atoms with Crippen molar-refractivity contribution in [3.8, 4) is 5.75 Å². The van der Waals surface area contributed by atoms with Gasteiger partial charge in [-0.05, 0) is 31.2 Å². The van der Waals surface area contributed by atoms with Crippen LogP contribution in [0.1, 0.15) is 47.7 Å². The number of benzene rings is 1. The summed E-state index contributed by atoms with van der Waals surface area (Å²) in [6, 6.07) is 0.451. The first-order valence-electron chi connectivity index (χ1n) is 11.5. The van der Waals surface area contributed by atoms with E-state index in [1.54, 1.807) is 0 Å². The molecule has 0 saturated carbocycles. The van der Waals surface area contributed by atoms with E-state index < -0.39 is 75.2 Å². The van der Waals surface area contributed by atoms with Gasteiger partial charge in [-0.15, -0.1) is 0 Å². The van der Waals surface area contributed by atoms with E-state index in [1.807, 2.05) is 6.92 Å². The van der Waals surface area contributed by atoms with Crippen LogP contribution in [0.3, 0.4) is 0 Å². The number of carbonyl (C=O) groups excluding carboxylic acids is 4. The molecule has 0 radical (unpaired) electrons. The summed E-state index contributed by atoms with van der Waals surface area (Å²) >= 11 is 0. The molecular weight excluding hydrogens is 477 g/mol. The highest BCUT2D eigenvalue weighted by Crippen LogP contribution is 2.51. The first-order chi connectivity index (χ1) is 16.9. The number of hydrogen-bond acceptors (Lipinski definition) is 8. The minimum atomic E-state index is -2.69. The molecule has 0 saturated heterocycles. The molecule has 4 rings (SSSR count). The summed E-state index contributed by atoms with van der Waals surface area (Å²) < 4.78 is 15.1. The number of allylic oxidation sites excluding steroid dienone is 2. The number of urea groups is 1. The third kappa shape index (κ3) is 3.68. The molecule has 3 aliphatic carbocycles. The zero-order chi connectivity index (χ0) is 26.5. The van der Waals surface area contributed by atoms with Crippen molar-refractivity contribution in [1.29, 1.82) is 0 Å². The van der Waals surface area contributed by atoms with Gasteiger partial charge in [0.2, 0.25) is 5.78 Å². The second-order valence-corrected chi connectivity index (χ2v) is 9.24. The van der Waals surface area contributed by atoms with E-state index in [0.717, 1.165) is 6.07 Å². The molecular formula is C24H26FN3O8. The third-order valence-electron chi connectivity index (χ3n) is 7.06. The Hall–Kier alpha value is -3.93.